The fraction of sp³-hybridized carbons (Fsp3) is 0.588. The highest BCUT2D eigenvalue weighted by atomic mass is 19.3. The Kier molecular flexibility index (Phi) is 10.4. The van der Waals surface area contributed by atoms with Crippen LogP contribution in [0.15, 0.2) is 60.7 Å². The third kappa shape index (κ3) is 8.50. The molecule has 0 aromatic heterocycles. The molecule has 0 heterocycles. The number of ether oxygens (including phenoxy) is 1. The van der Waals surface area contributed by atoms with E-state index >= 15 is 0 Å². The Morgan fingerprint density at radius 1 is 0.757 bits per heavy atom. The first kappa shape index (κ1) is 28.0. The number of allylic oxidation sites excluding steroid dienone is 2. The fourth-order valence-corrected chi connectivity index (χ4v) is 6.46. The average Bonchev–Trinajstić information content (AvgIpc) is 2.93. The SMILES string of the molecule is C/C=C/CCC1CCC(c2ccc(COC(F)(F)Cc3ccc(C4CCC(CC)CC4)cc3)cc2)CC1. The first-order valence-corrected chi connectivity index (χ1v) is 14.8. The van der Waals surface area contributed by atoms with Gasteiger partial charge in [0.1, 0.15) is 0 Å². The van der Waals surface area contributed by atoms with Gasteiger partial charge in [-0.05, 0) is 117 Å². The molecular weight excluding hydrogens is 462 g/mol. The number of hydrogen-bond acceptors (Lipinski definition) is 1. The van der Waals surface area contributed by atoms with Crippen LogP contribution in [0.1, 0.15) is 119 Å². The van der Waals surface area contributed by atoms with Crippen LogP contribution < -0.4 is 0 Å². The van der Waals surface area contributed by atoms with Gasteiger partial charge in [0.2, 0.25) is 0 Å². The van der Waals surface area contributed by atoms with Gasteiger partial charge in [-0.15, -0.1) is 0 Å². The van der Waals surface area contributed by atoms with Crippen LogP contribution in [0.5, 0.6) is 0 Å². The van der Waals surface area contributed by atoms with Gasteiger partial charge in [0.05, 0.1) is 13.0 Å². The molecule has 2 aromatic rings. The molecule has 0 radical (unpaired) electrons. The summed E-state index contributed by atoms with van der Waals surface area (Å²) in [6, 6.07) is 16.0. The van der Waals surface area contributed by atoms with Crippen molar-refractivity contribution >= 4 is 0 Å². The van der Waals surface area contributed by atoms with E-state index in [1.165, 1.54) is 81.8 Å². The van der Waals surface area contributed by atoms with Crippen molar-refractivity contribution in [3.63, 3.8) is 0 Å². The molecule has 202 valence electrons. The molecule has 0 atom stereocenters. The van der Waals surface area contributed by atoms with Crippen LogP contribution in [0.4, 0.5) is 8.78 Å². The summed E-state index contributed by atoms with van der Waals surface area (Å²) in [5.41, 5.74) is 4.07. The summed E-state index contributed by atoms with van der Waals surface area (Å²) >= 11 is 0. The van der Waals surface area contributed by atoms with Gasteiger partial charge in [-0.2, -0.15) is 8.78 Å². The fourth-order valence-electron chi connectivity index (χ4n) is 6.46. The molecule has 2 aliphatic carbocycles. The van der Waals surface area contributed by atoms with E-state index in [1.807, 2.05) is 24.3 Å². The first-order chi connectivity index (χ1) is 18.0. The van der Waals surface area contributed by atoms with Gasteiger partial charge in [0.25, 0.3) is 0 Å². The summed E-state index contributed by atoms with van der Waals surface area (Å²) in [6.07, 6.45) is 14.7. The quantitative estimate of drug-likeness (QED) is 0.274. The third-order valence-electron chi connectivity index (χ3n) is 9.01. The lowest BCUT2D eigenvalue weighted by atomic mass is 9.77. The van der Waals surface area contributed by atoms with Crippen LogP contribution in [0.2, 0.25) is 0 Å². The Bertz CT molecular complexity index is 946. The van der Waals surface area contributed by atoms with Crippen molar-refractivity contribution in [2.45, 2.75) is 115 Å². The highest BCUT2D eigenvalue weighted by Crippen LogP contribution is 2.38. The molecule has 0 saturated heterocycles. The Morgan fingerprint density at radius 2 is 1.27 bits per heavy atom. The van der Waals surface area contributed by atoms with Crippen molar-refractivity contribution < 1.29 is 13.5 Å². The van der Waals surface area contributed by atoms with Crippen molar-refractivity contribution in [2.24, 2.45) is 11.8 Å². The molecule has 3 heteroatoms. The lowest BCUT2D eigenvalue weighted by Crippen LogP contribution is -2.23. The molecular formula is C34H46F2O. The molecule has 2 saturated carbocycles. The number of hydrogen-bond donors (Lipinski definition) is 0. The minimum absolute atomic E-state index is 0.0658. The van der Waals surface area contributed by atoms with Crippen molar-refractivity contribution in [3.05, 3.63) is 82.9 Å². The van der Waals surface area contributed by atoms with Gasteiger partial charge in [-0.3, -0.25) is 0 Å². The van der Waals surface area contributed by atoms with E-state index in [0.29, 0.717) is 17.4 Å². The zero-order valence-electron chi connectivity index (χ0n) is 22.9. The van der Waals surface area contributed by atoms with Gasteiger partial charge < -0.3 is 4.74 Å². The first-order valence-electron chi connectivity index (χ1n) is 14.8. The zero-order chi connectivity index (χ0) is 26.1. The second-order valence-corrected chi connectivity index (χ2v) is 11.6. The largest absolute Gasteiger partial charge is 0.360 e. The number of rotatable bonds is 11. The third-order valence-corrected chi connectivity index (χ3v) is 9.01. The summed E-state index contributed by atoms with van der Waals surface area (Å²) in [7, 11) is 0. The summed E-state index contributed by atoms with van der Waals surface area (Å²) in [4.78, 5) is 0. The van der Waals surface area contributed by atoms with E-state index in [2.05, 4.69) is 50.3 Å². The standard InChI is InChI=1S/C34H46F2O/c1-3-5-6-7-27-10-18-31(19-11-27)33-22-14-29(15-23-33)25-37-34(35,36)24-28-12-20-32(21-13-28)30-16-8-26(4-2)9-17-30/h3,5,12-15,20-23,26-27,30-31H,4,6-11,16-19,24-25H2,1-2H3/b5-3+. The van der Waals surface area contributed by atoms with Crippen molar-refractivity contribution in [1.29, 1.82) is 0 Å². The molecule has 0 aliphatic heterocycles. The van der Waals surface area contributed by atoms with Crippen LogP contribution in [-0.2, 0) is 17.8 Å². The van der Waals surface area contributed by atoms with Crippen molar-refractivity contribution in [1.82, 2.24) is 0 Å². The second-order valence-electron chi connectivity index (χ2n) is 11.6. The van der Waals surface area contributed by atoms with Crippen molar-refractivity contribution in [3.8, 4) is 0 Å². The number of alkyl halides is 2. The Labute approximate surface area is 223 Å². The van der Waals surface area contributed by atoms with Gasteiger partial charge in [-0.1, -0.05) is 74.0 Å². The highest BCUT2D eigenvalue weighted by molar-refractivity contribution is 5.27. The molecule has 0 spiro atoms. The molecule has 0 N–H and O–H groups in total. The maximum Gasteiger partial charge on any atom is 0.360 e. The predicted octanol–water partition coefficient (Wildman–Crippen LogP) is 10.4. The van der Waals surface area contributed by atoms with Crippen LogP contribution in [0.25, 0.3) is 0 Å². The van der Waals surface area contributed by atoms with Gasteiger partial charge in [-0.25, -0.2) is 0 Å². The van der Waals surface area contributed by atoms with E-state index in [4.69, 9.17) is 4.74 Å². The average molecular weight is 509 g/mol. The Balaban J connectivity index is 1.21. The Morgan fingerprint density at radius 3 is 1.78 bits per heavy atom. The number of benzene rings is 2. The lowest BCUT2D eigenvalue weighted by molar-refractivity contribution is -0.244. The van der Waals surface area contributed by atoms with Crippen LogP contribution >= 0.6 is 0 Å². The molecule has 0 unspecified atom stereocenters. The minimum Gasteiger partial charge on any atom is -0.315 e. The Hall–Kier alpha value is -2.00. The normalized spacial score (nSPS) is 25.0. The summed E-state index contributed by atoms with van der Waals surface area (Å²) in [6.45, 7) is 4.30. The van der Waals surface area contributed by atoms with E-state index in [-0.39, 0.29) is 13.0 Å². The second kappa shape index (κ2) is 13.7. The smallest absolute Gasteiger partial charge is 0.315 e. The molecule has 4 rings (SSSR count). The molecule has 2 aliphatic rings. The zero-order valence-corrected chi connectivity index (χ0v) is 22.9. The van der Waals surface area contributed by atoms with E-state index < -0.39 is 6.11 Å². The molecule has 37 heavy (non-hydrogen) atoms. The summed E-state index contributed by atoms with van der Waals surface area (Å²) < 4.78 is 34.3. The summed E-state index contributed by atoms with van der Waals surface area (Å²) in [5.74, 6) is 2.88. The monoisotopic (exact) mass is 508 g/mol. The molecule has 2 fully saturated rings. The molecule has 0 amide bonds. The van der Waals surface area contributed by atoms with Gasteiger partial charge >= 0.3 is 6.11 Å². The lowest BCUT2D eigenvalue weighted by Gasteiger charge is -2.28. The predicted molar refractivity (Wildman–Crippen MR) is 150 cm³/mol. The van der Waals surface area contributed by atoms with Crippen LogP contribution in [0.3, 0.4) is 0 Å². The topological polar surface area (TPSA) is 9.23 Å². The maximum atomic E-state index is 14.6. The van der Waals surface area contributed by atoms with Crippen LogP contribution in [-0.4, -0.2) is 6.11 Å². The van der Waals surface area contributed by atoms with Crippen molar-refractivity contribution in [2.75, 3.05) is 0 Å². The van der Waals surface area contributed by atoms with Crippen LogP contribution in [0, 0.1) is 11.8 Å². The molecule has 0 bridgehead atoms. The van der Waals surface area contributed by atoms with E-state index in [1.54, 1.807) is 0 Å². The van der Waals surface area contributed by atoms with Gasteiger partial charge in [0.15, 0.2) is 0 Å². The molecule has 1 nitrogen and oxygen atoms in total. The van der Waals surface area contributed by atoms with Gasteiger partial charge in [0, 0.05) is 0 Å². The maximum absolute atomic E-state index is 14.6. The molecule has 2 aromatic carbocycles. The highest BCUT2D eigenvalue weighted by Gasteiger charge is 2.31. The summed E-state index contributed by atoms with van der Waals surface area (Å²) in [5, 5.41) is 0. The number of halogens is 2. The van der Waals surface area contributed by atoms with E-state index in [0.717, 1.165) is 17.4 Å². The van der Waals surface area contributed by atoms with E-state index in [9.17, 15) is 8.78 Å². The minimum atomic E-state index is -3.18.